The molecule has 0 saturated carbocycles. The molecular formula is C16H18F. The maximum absolute atomic E-state index is 13.3. The number of halogens is 1. The third kappa shape index (κ3) is 5.86. The van der Waals surface area contributed by atoms with Crippen molar-refractivity contribution in [3.8, 4) is 0 Å². The van der Waals surface area contributed by atoms with Gasteiger partial charge in [-0.2, -0.15) is 0 Å². The van der Waals surface area contributed by atoms with Gasteiger partial charge in [-0.15, -0.1) is 0 Å². The van der Waals surface area contributed by atoms with E-state index in [9.17, 15) is 4.39 Å². The second kappa shape index (κ2) is 8.51. The molecule has 0 aliphatic rings. The van der Waals surface area contributed by atoms with E-state index in [-0.39, 0.29) is 5.82 Å². The van der Waals surface area contributed by atoms with Gasteiger partial charge in [-0.05, 0) is 37.8 Å². The van der Waals surface area contributed by atoms with Crippen LogP contribution < -0.4 is 0 Å². The largest absolute Gasteiger partial charge is 0.207 e. The van der Waals surface area contributed by atoms with Crippen LogP contribution in [0.25, 0.3) is 0 Å². The first kappa shape index (κ1) is 13.4. The van der Waals surface area contributed by atoms with Crippen molar-refractivity contribution in [2.24, 2.45) is 0 Å². The molecule has 1 rings (SSSR count). The second-order valence-electron chi connectivity index (χ2n) is 3.72. The van der Waals surface area contributed by atoms with Gasteiger partial charge in [0.2, 0.25) is 0 Å². The number of hydrogen-bond donors (Lipinski definition) is 0. The molecule has 0 saturated heterocycles. The number of aryl methyl sites for hydroxylation is 1. The van der Waals surface area contributed by atoms with Crippen molar-refractivity contribution in [3.63, 3.8) is 0 Å². The fourth-order valence-electron chi connectivity index (χ4n) is 1.49. The topological polar surface area (TPSA) is 0 Å². The van der Waals surface area contributed by atoms with E-state index in [0.29, 0.717) is 0 Å². The highest BCUT2D eigenvalue weighted by molar-refractivity contribution is 5.17. The Balaban J connectivity index is 2.23. The molecule has 0 atom stereocenters. The Morgan fingerprint density at radius 3 is 2.59 bits per heavy atom. The fourth-order valence-corrected chi connectivity index (χ4v) is 1.49. The first-order chi connectivity index (χ1) is 8.34. The van der Waals surface area contributed by atoms with Gasteiger partial charge in [-0.3, -0.25) is 0 Å². The van der Waals surface area contributed by atoms with Crippen molar-refractivity contribution >= 4 is 0 Å². The standard InChI is InChI=1S/C16H18F/c1-2-3-4-5-6-7-8-9-12-15-13-10-11-14-16(15)17/h2-7,10-11,13-14H,1,8-9,12H2/b3-2+,5-4+,7-6+. The van der Waals surface area contributed by atoms with Crippen molar-refractivity contribution in [3.05, 3.63) is 79.0 Å². The molecule has 0 amide bonds. The van der Waals surface area contributed by atoms with Crippen molar-refractivity contribution in [2.75, 3.05) is 0 Å². The Labute approximate surface area is 103 Å². The molecule has 0 unspecified atom stereocenters. The van der Waals surface area contributed by atoms with Crippen LogP contribution in [0.5, 0.6) is 0 Å². The monoisotopic (exact) mass is 229 g/mol. The third-order valence-electron chi connectivity index (χ3n) is 2.38. The van der Waals surface area contributed by atoms with Crippen LogP contribution in [0.4, 0.5) is 4.39 Å². The summed E-state index contributed by atoms with van der Waals surface area (Å²) < 4.78 is 13.3. The molecule has 0 aromatic heterocycles. The van der Waals surface area contributed by atoms with Crippen LogP contribution in [0.1, 0.15) is 18.4 Å². The molecule has 0 N–H and O–H groups in total. The quantitative estimate of drug-likeness (QED) is 0.492. The first-order valence-electron chi connectivity index (χ1n) is 5.85. The summed E-state index contributed by atoms with van der Waals surface area (Å²) in [6.07, 6.45) is 14.3. The zero-order chi connectivity index (χ0) is 12.3. The average Bonchev–Trinajstić information content (AvgIpc) is 2.35. The van der Waals surface area contributed by atoms with Crippen molar-refractivity contribution in [1.82, 2.24) is 0 Å². The Kier molecular flexibility index (Phi) is 6.73. The molecule has 89 valence electrons. The van der Waals surface area contributed by atoms with Crippen molar-refractivity contribution < 1.29 is 4.39 Å². The number of unbranched alkanes of at least 4 members (excludes halogenated alkanes) is 1. The number of allylic oxidation sites excluding steroid dienone is 6. The van der Waals surface area contributed by atoms with E-state index >= 15 is 0 Å². The summed E-state index contributed by atoms with van der Waals surface area (Å²) in [6, 6.07) is 6.96. The zero-order valence-electron chi connectivity index (χ0n) is 9.98. The van der Waals surface area contributed by atoms with Crippen LogP contribution in [0.3, 0.4) is 0 Å². The molecule has 0 heterocycles. The lowest BCUT2D eigenvalue weighted by molar-refractivity contribution is 0.605. The van der Waals surface area contributed by atoms with E-state index in [1.54, 1.807) is 12.1 Å². The molecule has 0 aliphatic heterocycles. The summed E-state index contributed by atoms with van der Waals surface area (Å²) in [5.74, 6) is -0.100. The van der Waals surface area contributed by atoms with Crippen LogP contribution in [0.2, 0.25) is 0 Å². The molecule has 0 nitrogen and oxygen atoms in total. The van der Waals surface area contributed by atoms with Gasteiger partial charge in [-0.25, -0.2) is 4.39 Å². The van der Waals surface area contributed by atoms with E-state index in [2.05, 4.69) is 13.0 Å². The van der Waals surface area contributed by atoms with E-state index < -0.39 is 0 Å². The summed E-state index contributed by atoms with van der Waals surface area (Å²) in [4.78, 5) is 0. The number of rotatable bonds is 6. The Morgan fingerprint density at radius 1 is 1.06 bits per heavy atom. The van der Waals surface area contributed by atoms with E-state index in [1.165, 1.54) is 6.07 Å². The first-order valence-corrected chi connectivity index (χ1v) is 5.85. The van der Waals surface area contributed by atoms with Gasteiger partial charge >= 0.3 is 0 Å². The normalized spacial score (nSPS) is 12.1. The Bertz CT molecular complexity index is 400. The number of hydrogen-bond acceptors (Lipinski definition) is 0. The lowest BCUT2D eigenvalue weighted by Crippen LogP contribution is -1.89. The number of benzene rings is 1. The van der Waals surface area contributed by atoms with Gasteiger partial charge in [-0.1, -0.05) is 54.7 Å². The highest BCUT2D eigenvalue weighted by Crippen LogP contribution is 2.10. The molecule has 0 fully saturated rings. The minimum absolute atomic E-state index is 0.100. The molecule has 1 radical (unpaired) electrons. The molecule has 1 aromatic rings. The maximum Gasteiger partial charge on any atom is 0.126 e. The summed E-state index contributed by atoms with van der Waals surface area (Å²) in [6.45, 7) is 3.58. The average molecular weight is 229 g/mol. The maximum atomic E-state index is 13.3. The van der Waals surface area contributed by atoms with Crippen LogP contribution >= 0.6 is 0 Å². The smallest absolute Gasteiger partial charge is 0.126 e. The van der Waals surface area contributed by atoms with Gasteiger partial charge in [0.15, 0.2) is 0 Å². The van der Waals surface area contributed by atoms with Crippen LogP contribution in [-0.2, 0) is 6.42 Å². The molecule has 0 aliphatic carbocycles. The van der Waals surface area contributed by atoms with Gasteiger partial charge in [0.1, 0.15) is 5.82 Å². The highest BCUT2D eigenvalue weighted by atomic mass is 19.1. The van der Waals surface area contributed by atoms with Gasteiger partial charge in [0.05, 0.1) is 0 Å². The van der Waals surface area contributed by atoms with Crippen LogP contribution in [-0.4, -0.2) is 0 Å². The van der Waals surface area contributed by atoms with E-state index in [1.807, 2.05) is 36.4 Å². The zero-order valence-corrected chi connectivity index (χ0v) is 9.98. The van der Waals surface area contributed by atoms with Crippen molar-refractivity contribution in [2.45, 2.75) is 19.3 Å². The Hall–Kier alpha value is -1.63. The van der Waals surface area contributed by atoms with Crippen molar-refractivity contribution in [1.29, 1.82) is 0 Å². The highest BCUT2D eigenvalue weighted by Gasteiger charge is 1.98. The molecule has 1 aromatic carbocycles. The molecule has 1 heteroatoms. The summed E-state index contributed by atoms with van der Waals surface area (Å²) in [5, 5.41) is 0. The van der Waals surface area contributed by atoms with Gasteiger partial charge < -0.3 is 0 Å². The molecular weight excluding hydrogens is 211 g/mol. The van der Waals surface area contributed by atoms with E-state index in [4.69, 9.17) is 0 Å². The Morgan fingerprint density at radius 2 is 1.82 bits per heavy atom. The predicted molar refractivity (Wildman–Crippen MR) is 72.1 cm³/mol. The predicted octanol–water partition coefficient (Wildman–Crippen LogP) is 4.65. The van der Waals surface area contributed by atoms with Gasteiger partial charge in [0, 0.05) is 0 Å². The summed E-state index contributed by atoms with van der Waals surface area (Å²) in [7, 11) is 0. The van der Waals surface area contributed by atoms with E-state index in [0.717, 1.165) is 24.8 Å². The third-order valence-corrected chi connectivity index (χ3v) is 2.38. The lowest BCUT2D eigenvalue weighted by Gasteiger charge is -2.00. The SMILES string of the molecule is [CH2]/C=C/C=C/C=C/CCCc1ccccc1F. The fraction of sp³-hybridized carbons (Fsp3) is 0.188. The summed E-state index contributed by atoms with van der Waals surface area (Å²) >= 11 is 0. The van der Waals surface area contributed by atoms with Crippen LogP contribution in [0, 0.1) is 12.7 Å². The molecule has 17 heavy (non-hydrogen) atoms. The molecule has 0 spiro atoms. The second-order valence-corrected chi connectivity index (χ2v) is 3.72. The summed E-state index contributed by atoms with van der Waals surface area (Å²) in [5.41, 5.74) is 0.802. The minimum Gasteiger partial charge on any atom is -0.207 e. The lowest BCUT2D eigenvalue weighted by atomic mass is 10.1. The molecule has 0 bridgehead atoms. The van der Waals surface area contributed by atoms with Crippen LogP contribution in [0.15, 0.2) is 60.7 Å². The van der Waals surface area contributed by atoms with Gasteiger partial charge in [0.25, 0.3) is 0 Å². The minimum atomic E-state index is -0.100.